The summed E-state index contributed by atoms with van der Waals surface area (Å²) in [6.07, 6.45) is 8.86. The molecular weight excluding hydrogens is 458 g/mol. The van der Waals surface area contributed by atoms with Crippen LogP contribution in [0.5, 0.6) is 0 Å². The fraction of sp³-hybridized carbons (Fsp3) is 0.387. The second kappa shape index (κ2) is 12.9. The van der Waals surface area contributed by atoms with Crippen LogP contribution in [0.15, 0.2) is 85.3 Å². The van der Waals surface area contributed by atoms with Gasteiger partial charge in [-0.3, -0.25) is 24.8 Å². The van der Waals surface area contributed by atoms with E-state index in [1.807, 2.05) is 18.3 Å². The highest BCUT2D eigenvalue weighted by Gasteiger charge is 2.31. The van der Waals surface area contributed by atoms with E-state index in [1.165, 1.54) is 24.0 Å². The van der Waals surface area contributed by atoms with E-state index < -0.39 is 0 Å². The molecule has 0 saturated carbocycles. The highest BCUT2D eigenvalue weighted by molar-refractivity contribution is 5.77. The molecule has 1 atom stereocenters. The molecule has 5 rings (SSSR count). The van der Waals surface area contributed by atoms with E-state index in [0.29, 0.717) is 12.0 Å². The van der Waals surface area contributed by atoms with Gasteiger partial charge in [0.2, 0.25) is 0 Å². The number of piperidine rings is 1. The fourth-order valence-corrected chi connectivity index (χ4v) is 5.64. The summed E-state index contributed by atoms with van der Waals surface area (Å²) in [6.45, 7) is 5.57. The fourth-order valence-electron chi connectivity index (χ4n) is 5.64. The average Bonchev–Trinajstić information content (AvgIpc) is 2.96. The lowest BCUT2D eigenvalue weighted by Gasteiger charge is -2.41. The van der Waals surface area contributed by atoms with Crippen molar-refractivity contribution in [3.63, 3.8) is 0 Å². The quantitative estimate of drug-likeness (QED) is 0.292. The summed E-state index contributed by atoms with van der Waals surface area (Å²) in [4.78, 5) is 18.9. The summed E-state index contributed by atoms with van der Waals surface area (Å²) in [7, 11) is 1.79. The van der Waals surface area contributed by atoms with Gasteiger partial charge in [-0.05, 0) is 67.6 Å². The molecule has 1 saturated heterocycles. The third-order valence-electron chi connectivity index (χ3n) is 7.58. The largest absolute Gasteiger partial charge is 0.383 e. The normalized spacial score (nSPS) is 15.8. The minimum atomic E-state index is 0.435. The van der Waals surface area contributed by atoms with Gasteiger partial charge < -0.3 is 4.74 Å². The van der Waals surface area contributed by atoms with Gasteiger partial charge in [0.05, 0.1) is 23.3 Å². The van der Waals surface area contributed by atoms with Crippen molar-refractivity contribution < 1.29 is 4.74 Å². The number of ether oxygens (including phenoxy) is 1. The molecule has 1 aliphatic rings. The van der Waals surface area contributed by atoms with Crippen molar-refractivity contribution >= 4 is 11.0 Å². The van der Waals surface area contributed by atoms with Gasteiger partial charge in [0.15, 0.2) is 0 Å². The third kappa shape index (κ3) is 6.77. The molecule has 0 bridgehead atoms. The van der Waals surface area contributed by atoms with Gasteiger partial charge in [0.25, 0.3) is 0 Å². The third-order valence-corrected chi connectivity index (χ3v) is 7.58. The summed E-state index contributed by atoms with van der Waals surface area (Å²) in [5, 5.41) is 0. The first-order chi connectivity index (χ1) is 18.3. The van der Waals surface area contributed by atoms with E-state index in [1.54, 1.807) is 19.5 Å². The topological polar surface area (TPSA) is 54.4 Å². The van der Waals surface area contributed by atoms with Crippen molar-refractivity contribution in [3.8, 4) is 0 Å². The first kappa shape index (κ1) is 25.5. The van der Waals surface area contributed by atoms with Crippen LogP contribution in [-0.2, 0) is 24.2 Å². The van der Waals surface area contributed by atoms with Crippen LogP contribution >= 0.6 is 0 Å². The Kier molecular flexibility index (Phi) is 8.85. The number of aromatic nitrogens is 3. The molecule has 37 heavy (non-hydrogen) atoms. The van der Waals surface area contributed by atoms with Crippen LogP contribution < -0.4 is 0 Å². The Morgan fingerprint density at radius 2 is 1.70 bits per heavy atom. The lowest BCUT2D eigenvalue weighted by atomic mass is 9.84. The molecule has 0 amide bonds. The smallest absolute Gasteiger partial charge is 0.0931 e. The van der Waals surface area contributed by atoms with Crippen molar-refractivity contribution in [3.05, 3.63) is 102 Å². The number of nitrogens with zero attached hydrogens (tertiary/aromatic N) is 5. The van der Waals surface area contributed by atoms with Crippen molar-refractivity contribution in [1.29, 1.82) is 0 Å². The zero-order chi connectivity index (χ0) is 25.3. The van der Waals surface area contributed by atoms with Crippen LogP contribution in [0.1, 0.15) is 29.7 Å². The van der Waals surface area contributed by atoms with Crippen LogP contribution in [0.2, 0.25) is 0 Å². The van der Waals surface area contributed by atoms with Crippen molar-refractivity contribution in [2.75, 3.05) is 33.4 Å². The molecule has 6 heteroatoms. The summed E-state index contributed by atoms with van der Waals surface area (Å²) in [5.74, 6) is 0.615. The van der Waals surface area contributed by atoms with Crippen LogP contribution in [0.25, 0.3) is 11.0 Å². The van der Waals surface area contributed by atoms with Gasteiger partial charge in [-0.1, -0.05) is 48.5 Å². The molecule has 1 aliphatic heterocycles. The number of pyridine rings is 1. The van der Waals surface area contributed by atoms with Crippen LogP contribution in [0.3, 0.4) is 0 Å². The predicted octanol–water partition coefficient (Wildman–Crippen LogP) is 5.00. The van der Waals surface area contributed by atoms with Crippen molar-refractivity contribution in [2.45, 2.75) is 38.4 Å². The molecule has 0 N–H and O–H groups in total. The number of fused-ring (bicyclic) bond motifs is 1. The van der Waals surface area contributed by atoms with E-state index in [4.69, 9.17) is 4.74 Å². The Morgan fingerprint density at radius 1 is 0.892 bits per heavy atom. The average molecular weight is 496 g/mol. The van der Waals surface area contributed by atoms with Gasteiger partial charge in [-0.25, -0.2) is 0 Å². The lowest BCUT2D eigenvalue weighted by Crippen LogP contribution is -2.47. The molecular formula is C31H37N5O. The molecule has 6 nitrogen and oxygen atoms in total. The Morgan fingerprint density at radius 3 is 2.49 bits per heavy atom. The zero-order valence-electron chi connectivity index (χ0n) is 21.7. The van der Waals surface area contributed by atoms with Gasteiger partial charge in [0, 0.05) is 51.4 Å². The first-order valence-corrected chi connectivity index (χ1v) is 13.4. The van der Waals surface area contributed by atoms with E-state index in [2.05, 4.69) is 79.3 Å². The Balaban J connectivity index is 1.31. The van der Waals surface area contributed by atoms with E-state index in [0.717, 1.165) is 62.5 Å². The molecule has 0 radical (unpaired) electrons. The number of rotatable bonds is 11. The molecule has 1 fully saturated rings. The maximum atomic E-state index is 5.53. The molecule has 3 heterocycles. The summed E-state index contributed by atoms with van der Waals surface area (Å²) in [6, 6.07) is 23.9. The van der Waals surface area contributed by atoms with Crippen LogP contribution in [0.4, 0.5) is 0 Å². The summed E-state index contributed by atoms with van der Waals surface area (Å²) in [5.41, 5.74) is 5.77. The molecule has 2 aromatic heterocycles. The molecule has 2 aromatic carbocycles. The maximum absolute atomic E-state index is 5.53. The zero-order valence-corrected chi connectivity index (χ0v) is 21.7. The second-order valence-electron chi connectivity index (χ2n) is 10.00. The molecule has 0 unspecified atom stereocenters. The standard InChI is InChI=1S/C31H37N5O/c1-37-21-20-36(24-28-11-5-6-15-32-28)30(22-25-8-3-2-4-9-25)26-13-18-35(19-14-26)23-27-10-7-12-29-31(27)34-17-16-33-29/h2-12,15-17,26,30H,13-14,18-24H2,1H3/t30-/m0/s1. The van der Waals surface area contributed by atoms with Crippen LogP contribution in [0, 0.1) is 5.92 Å². The molecule has 192 valence electrons. The molecule has 4 aromatic rings. The minimum Gasteiger partial charge on any atom is -0.383 e. The molecule has 0 spiro atoms. The highest BCUT2D eigenvalue weighted by atomic mass is 16.5. The number of methoxy groups -OCH3 is 1. The van der Waals surface area contributed by atoms with Crippen molar-refractivity contribution in [1.82, 2.24) is 24.8 Å². The summed E-state index contributed by atoms with van der Waals surface area (Å²) >= 11 is 0. The predicted molar refractivity (Wildman–Crippen MR) is 148 cm³/mol. The summed E-state index contributed by atoms with van der Waals surface area (Å²) < 4.78 is 5.53. The Hall–Kier alpha value is -3.19. The first-order valence-electron chi connectivity index (χ1n) is 13.4. The van der Waals surface area contributed by atoms with E-state index >= 15 is 0 Å². The Bertz CT molecular complexity index is 1220. The number of para-hydroxylation sites is 1. The maximum Gasteiger partial charge on any atom is 0.0931 e. The van der Waals surface area contributed by atoms with Gasteiger partial charge >= 0.3 is 0 Å². The van der Waals surface area contributed by atoms with E-state index in [-0.39, 0.29) is 0 Å². The SMILES string of the molecule is COCCN(Cc1ccccn1)[C@@H](Cc1ccccc1)C1CCN(Cc2cccc3nccnc23)CC1. The monoisotopic (exact) mass is 495 g/mol. The molecule has 0 aliphatic carbocycles. The number of hydrogen-bond acceptors (Lipinski definition) is 6. The highest BCUT2D eigenvalue weighted by Crippen LogP contribution is 2.29. The minimum absolute atomic E-state index is 0.435. The van der Waals surface area contributed by atoms with E-state index in [9.17, 15) is 0 Å². The lowest BCUT2D eigenvalue weighted by molar-refractivity contribution is 0.0565. The van der Waals surface area contributed by atoms with Gasteiger partial charge in [-0.15, -0.1) is 0 Å². The number of likely N-dealkylation sites (tertiary alicyclic amines) is 1. The van der Waals surface area contributed by atoms with Gasteiger partial charge in [-0.2, -0.15) is 0 Å². The van der Waals surface area contributed by atoms with Crippen LogP contribution in [-0.4, -0.2) is 64.1 Å². The van der Waals surface area contributed by atoms with Gasteiger partial charge in [0.1, 0.15) is 0 Å². The second-order valence-corrected chi connectivity index (χ2v) is 10.00. The van der Waals surface area contributed by atoms with Crippen molar-refractivity contribution in [2.24, 2.45) is 5.92 Å². The number of hydrogen-bond donors (Lipinski definition) is 0. The number of benzene rings is 2. The Labute approximate surface area is 220 Å².